The van der Waals surface area contributed by atoms with Crippen molar-refractivity contribution >= 4 is 22.8 Å². The van der Waals surface area contributed by atoms with E-state index in [2.05, 4.69) is 31.0 Å². The summed E-state index contributed by atoms with van der Waals surface area (Å²) in [5, 5.41) is 1.05. The van der Waals surface area contributed by atoms with Crippen molar-refractivity contribution in [3.05, 3.63) is 58.8 Å². The second-order valence-corrected chi connectivity index (χ2v) is 8.60. The molecule has 0 radical (unpaired) electrons. The third-order valence-corrected chi connectivity index (χ3v) is 6.23. The number of allylic oxidation sites excluding steroid dienone is 4. The van der Waals surface area contributed by atoms with Gasteiger partial charge in [0.25, 0.3) is 0 Å². The van der Waals surface area contributed by atoms with E-state index in [9.17, 15) is 9.59 Å². The van der Waals surface area contributed by atoms with Crippen molar-refractivity contribution in [1.82, 2.24) is 4.98 Å². The maximum absolute atomic E-state index is 12.2. The van der Waals surface area contributed by atoms with Crippen molar-refractivity contribution in [3.8, 4) is 0 Å². The molecule has 0 bridgehead atoms. The van der Waals surface area contributed by atoms with Gasteiger partial charge in [0.2, 0.25) is 0 Å². The number of aromatic nitrogens is 1. The molecule has 6 heteroatoms. The second-order valence-electron chi connectivity index (χ2n) is 8.60. The van der Waals surface area contributed by atoms with E-state index in [1.165, 1.54) is 25.4 Å². The first-order valence-corrected chi connectivity index (χ1v) is 11.1. The molecule has 2 aromatic rings. The summed E-state index contributed by atoms with van der Waals surface area (Å²) in [6.07, 6.45) is 8.68. The average molecular weight is 440 g/mol. The van der Waals surface area contributed by atoms with Crippen LogP contribution in [0.25, 0.3) is 10.9 Å². The maximum atomic E-state index is 12.2. The van der Waals surface area contributed by atoms with Crippen LogP contribution >= 0.6 is 0 Å². The molecule has 1 saturated heterocycles. The number of rotatable bonds is 10. The summed E-state index contributed by atoms with van der Waals surface area (Å²) < 4.78 is 15.3. The Balaban J connectivity index is 1.52. The molecule has 2 atom stereocenters. The molecule has 3 rings (SSSR count). The van der Waals surface area contributed by atoms with E-state index < -0.39 is 5.60 Å². The minimum absolute atomic E-state index is 0.0555. The number of aromatic amines is 1. The monoisotopic (exact) mass is 439 g/mol. The number of hydrogen-bond acceptors (Lipinski definition) is 5. The summed E-state index contributed by atoms with van der Waals surface area (Å²) in [5.41, 5.74) is 4.24. The quantitative estimate of drug-likeness (QED) is 0.309. The van der Waals surface area contributed by atoms with Gasteiger partial charge in [0.15, 0.2) is 5.60 Å². The number of carbonyl (C=O) groups is 2. The highest BCUT2D eigenvalue weighted by Crippen LogP contribution is 2.40. The molecule has 172 valence electrons. The largest absolute Gasteiger partial charge is 0.467 e. The predicted octanol–water partition coefficient (Wildman–Crippen LogP) is 5.28. The third kappa shape index (κ3) is 5.30. The van der Waals surface area contributed by atoms with Gasteiger partial charge < -0.3 is 19.2 Å². The average Bonchev–Trinajstić information content (AvgIpc) is 3.32. The number of methoxy groups -OCH3 is 2. The molecule has 1 aliphatic heterocycles. The number of benzene rings is 1. The zero-order chi connectivity index (χ0) is 23.3. The van der Waals surface area contributed by atoms with Crippen LogP contribution in [-0.2, 0) is 25.4 Å². The van der Waals surface area contributed by atoms with Gasteiger partial charge in [0, 0.05) is 10.9 Å². The van der Waals surface area contributed by atoms with Gasteiger partial charge in [-0.15, -0.1) is 0 Å². The van der Waals surface area contributed by atoms with Gasteiger partial charge >= 0.3 is 11.9 Å². The first-order chi connectivity index (χ1) is 15.3. The lowest BCUT2D eigenvalue weighted by Crippen LogP contribution is -2.24. The number of epoxide rings is 1. The van der Waals surface area contributed by atoms with Crippen LogP contribution in [-0.4, -0.2) is 42.8 Å². The van der Waals surface area contributed by atoms with E-state index >= 15 is 0 Å². The molecule has 2 unspecified atom stereocenters. The molecule has 1 aliphatic rings. The van der Waals surface area contributed by atoms with Crippen LogP contribution in [0.15, 0.2) is 47.6 Å². The minimum Gasteiger partial charge on any atom is -0.467 e. The number of esters is 2. The zero-order valence-corrected chi connectivity index (χ0v) is 19.6. The van der Waals surface area contributed by atoms with Crippen LogP contribution in [0, 0.1) is 0 Å². The fourth-order valence-electron chi connectivity index (χ4n) is 4.05. The number of ether oxygens (including phenoxy) is 3. The molecule has 2 heterocycles. The third-order valence-electron chi connectivity index (χ3n) is 6.23. The smallest absolute Gasteiger partial charge is 0.354 e. The standard InChI is InChI=1S/C26H33NO5/c1-17(9-8-10-18(2)14-16-22-26(3,32-22)25(29)31-5)13-15-20-19-11-6-7-12-21(19)27-23(20)24(28)30-4/h6-7,10-13,22,27H,8-9,14-16H2,1-5H3/b17-13+,18-10+. The Bertz CT molecular complexity index is 1050. The Kier molecular flexibility index (Phi) is 7.56. The number of H-pyrrole nitrogens is 1. The molecular weight excluding hydrogens is 406 g/mol. The van der Waals surface area contributed by atoms with Gasteiger partial charge in [-0.3, -0.25) is 0 Å². The number of fused-ring (bicyclic) bond motifs is 1. The summed E-state index contributed by atoms with van der Waals surface area (Å²) in [4.78, 5) is 27.1. The molecule has 1 aromatic carbocycles. The lowest BCUT2D eigenvalue weighted by atomic mass is 10.0. The number of carbonyl (C=O) groups excluding carboxylic acids is 2. The van der Waals surface area contributed by atoms with Crippen LogP contribution in [0.1, 0.15) is 62.5 Å². The molecule has 1 N–H and O–H groups in total. The van der Waals surface area contributed by atoms with Gasteiger partial charge in [0.1, 0.15) is 5.69 Å². The molecule has 32 heavy (non-hydrogen) atoms. The Labute approximate surface area is 189 Å². The van der Waals surface area contributed by atoms with Crippen molar-refractivity contribution in [2.45, 2.75) is 64.6 Å². The number of nitrogens with one attached hydrogen (secondary N) is 1. The van der Waals surface area contributed by atoms with Crippen molar-refractivity contribution in [1.29, 1.82) is 0 Å². The molecule has 0 amide bonds. The van der Waals surface area contributed by atoms with Gasteiger partial charge in [-0.25, -0.2) is 9.59 Å². The van der Waals surface area contributed by atoms with Crippen molar-refractivity contribution in [2.75, 3.05) is 14.2 Å². The van der Waals surface area contributed by atoms with E-state index in [-0.39, 0.29) is 18.0 Å². The number of para-hydroxylation sites is 1. The lowest BCUT2D eigenvalue weighted by molar-refractivity contribution is -0.146. The predicted molar refractivity (Wildman–Crippen MR) is 125 cm³/mol. The Morgan fingerprint density at radius 3 is 2.53 bits per heavy atom. The van der Waals surface area contributed by atoms with E-state index in [1.807, 2.05) is 24.3 Å². The van der Waals surface area contributed by atoms with Crippen LogP contribution in [0.2, 0.25) is 0 Å². The summed E-state index contributed by atoms with van der Waals surface area (Å²) >= 11 is 0. The molecular formula is C26H33NO5. The Morgan fingerprint density at radius 1 is 1.09 bits per heavy atom. The molecule has 1 aromatic heterocycles. The van der Waals surface area contributed by atoms with E-state index in [0.717, 1.165) is 42.1 Å². The summed E-state index contributed by atoms with van der Waals surface area (Å²) in [5.74, 6) is -0.640. The molecule has 0 saturated carbocycles. The van der Waals surface area contributed by atoms with Crippen molar-refractivity contribution in [3.63, 3.8) is 0 Å². The number of hydrogen-bond donors (Lipinski definition) is 1. The highest BCUT2D eigenvalue weighted by atomic mass is 16.7. The Hall–Kier alpha value is -2.86. The van der Waals surface area contributed by atoms with E-state index in [1.54, 1.807) is 6.92 Å². The van der Waals surface area contributed by atoms with E-state index in [4.69, 9.17) is 14.2 Å². The van der Waals surface area contributed by atoms with Gasteiger partial charge in [0.05, 0.1) is 20.3 Å². The first-order valence-electron chi connectivity index (χ1n) is 11.1. The molecule has 1 fully saturated rings. The molecule has 6 nitrogen and oxygen atoms in total. The zero-order valence-electron chi connectivity index (χ0n) is 19.6. The highest BCUT2D eigenvalue weighted by Gasteiger charge is 2.59. The van der Waals surface area contributed by atoms with Crippen molar-refractivity contribution in [2.24, 2.45) is 0 Å². The molecule has 0 spiro atoms. The fourth-order valence-corrected chi connectivity index (χ4v) is 4.05. The normalized spacial score (nSPS) is 21.0. The van der Waals surface area contributed by atoms with Crippen LogP contribution in [0.5, 0.6) is 0 Å². The summed E-state index contributed by atoms with van der Waals surface area (Å²) in [6, 6.07) is 7.92. The van der Waals surface area contributed by atoms with Gasteiger partial charge in [-0.05, 0) is 64.5 Å². The minimum atomic E-state index is -0.764. The van der Waals surface area contributed by atoms with E-state index in [0.29, 0.717) is 12.1 Å². The topological polar surface area (TPSA) is 80.9 Å². The highest BCUT2D eigenvalue weighted by molar-refractivity contribution is 5.98. The van der Waals surface area contributed by atoms with Gasteiger partial charge in [-0.2, -0.15) is 0 Å². The van der Waals surface area contributed by atoms with Gasteiger partial charge in [-0.1, -0.05) is 41.5 Å². The van der Waals surface area contributed by atoms with Crippen LogP contribution < -0.4 is 0 Å². The Morgan fingerprint density at radius 2 is 1.81 bits per heavy atom. The van der Waals surface area contributed by atoms with Crippen LogP contribution in [0.4, 0.5) is 0 Å². The maximum Gasteiger partial charge on any atom is 0.354 e. The van der Waals surface area contributed by atoms with Crippen molar-refractivity contribution < 1.29 is 23.8 Å². The van der Waals surface area contributed by atoms with Crippen LogP contribution in [0.3, 0.4) is 0 Å². The first kappa shape index (κ1) is 23.8. The molecule has 0 aliphatic carbocycles. The SMILES string of the molecule is COC(=O)c1[nH]c2ccccc2c1C/C=C(\C)CC/C=C(\C)CCC1OC1(C)C(=O)OC. The fraction of sp³-hybridized carbons (Fsp3) is 0.462. The second kappa shape index (κ2) is 10.2. The summed E-state index contributed by atoms with van der Waals surface area (Å²) in [7, 11) is 2.79. The summed E-state index contributed by atoms with van der Waals surface area (Å²) in [6.45, 7) is 6.02. The lowest BCUT2D eigenvalue weighted by Gasteiger charge is -2.05.